The molecule has 0 aromatic heterocycles. The van der Waals surface area contributed by atoms with E-state index in [2.05, 4.69) is 4.90 Å². The van der Waals surface area contributed by atoms with Gasteiger partial charge in [0.2, 0.25) is 0 Å². The van der Waals surface area contributed by atoms with Gasteiger partial charge < -0.3 is 9.64 Å². The maximum absolute atomic E-state index is 12.7. The second-order valence-electron chi connectivity index (χ2n) is 7.01. The number of rotatable bonds is 5. The summed E-state index contributed by atoms with van der Waals surface area (Å²) in [4.78, 5) is 17.1. The van der Waals surface area contributed by atoms with Crippen molar-refractivity contribution in [1.82, 2.24) is 9.80 Å². The Morgan fingerprint density at radius 3 is 2.62 bits per heavy atom. The molecule has 1 saturated heterocycles. The van der Waals surface area contributed by atoms with Crippen molar-refractivity contribution in [2.24, 2.45) is 0 Å². The number of hydrogen-bond donors (Lipinski definition) is 0. The molecule has 1 aromatic rings. The monoisotopic (exact) mass is 420 g/mol. The minimum atomic E-state index is -0.0141. The summed E-state index contributed by atoms with van der Waals surface area (Å²) in [5.74, 6) is 0.447. The largest absolute Gasteiger partial charge is 0.482 e. The number of likely N-dealkylation sites (tertiary alicyclic amines) is 1. The molecular formula is C19H27Cl3N2O2. The Morgan fingerprint density at radius 1 is 1.19 bits per heavy atom. The first-order chi connectivity index (χ1) is 12.1. The van der Waals surface area contributed by atoms with E-state index in [1.54, 1.807) is 18.2 Å². The zero-order valence-electron chi connectivity index (χ0n) is 15.1. The average molecular weight is 422 g/mol. The van der Waals surface area contributed by atoms with Crippen molar-refractivity contribution in [3.63, 3.8) is 0 Å². The molecule has 1 heterocycles. The zero-order valence-corrected chi connectivity index (χ0v) is 17.5. The first-order valence-electron chi connectivity index (χ1n) is 9.14. The minimum absolute atomic E-state index is 0. The van der Waals surface area contributed by atoms with Gasteiger partial charge in [-0.05, 0) is 50.9 Å². The molecule has 1 aromatic carbocycles. The molecule has 0 N–H and O–H groups in total. The molecule has 1 aliphatic carbocycles. The molecule has 2 fully saturated rings. The van der Waals surface area contributed by atoms with Gasteiger partial charge in [0.25, 0.3) is 5.91 Å². The molecule has 7 heteroatoms. The summed E-state index contributed by atoms with van der Waals surface area (Å²) in [5, 5.41) is 0.786. The first kappa shape index (κ1) is 21.6. The maximum atomic E-state index is 12.7. The van der Waals surface area contributed by atoms with Crippen LogP contribution in [0.5, 0.6) is 5.75 Å². The fourth-order valence-electron chi connectivity index (χ4n) is 4.06. The average Bonchev–Trinajstić information content (AvgIpc) is 3.16. The van der Waals surface area contributed by atoms with Crippen molar-refractivity contribution in [2.75, 3.05) is 26.7 Å². The van der Waals surface area contributed by atoms with Crippen molar-refractivity contribution in [3.8, 4) is 5.75 Å². The number of carbonyl (C=O) groups excluding carboxylic acids is 1. The number of benzene rings is 1. The predicted octanol–water partition coefficient (Wildman–Crippen LogP) is 4.66. The number of amides is 1. The van der Waals surface area contributed by atoms with Gasteiger partial charge in [-0.1, -0.05) is 42.1 Å². The fraction of sp³-hybridized carbons (Fsp3) is 0.632. The third kappa shape index (κ3) is 4.98. The number of nitrogens with zero attached hydrogens (tertiary/aromatic N) is 2. The van der Waals surface area contributed by atoms with Crippen LogP contribution in [0.25, 0.3) is 0 Å². The van der Waals surface area contributed by atoms with E-state index in [1.165, 1.54) is 32.1 Å². The second-order valence-corrected chi connectivity index (χ2v) is 7.79. The highest BCUT2D eigenvalue weighted by Crippen LogP contribution is 2.32. The molecule has 2 atom stereocenters. The third-order valence-corrected chi connectivity index (χ3v) is 6.26. The van der Waals surface area contributed by atoms with Gasteiger partial charge in [-0.2, -0.15) is 0 Å². The van der Waals surface area contributed by atoms with Crippen LogP contribution in [0.15, 0.2) is 18.2 Å². The highest BCUT2D eigenvalue weighted by molar-refractivity contribution is 6.42. The quantitative estimate of drug-likeness (QED) is 0.693. The van der Waals surface area contributed by atoms with E-state index in [0.717, 1.165) is 19.5 Å². The van der Waals surface area contributed by atoms with Crippen LogP contribution in [0.3, 0.4) is 0 Å². The van der Waals surface area contributed by atoms with Gasteiger partial charge in [0, 0.05) is 19.1 Å². The van der Waals surface area contributed by atoms with Crippen molar-refractivity contribution in [3.05, 3.63) is 28.2 Å². The van der Waals surface area contributed by atoms with E-state index in [4.69, 9.17) is 27.9 Å². The highest BCUT2D eigenvalue weighted by atomic mass is 35.5. The summed E-state index contributed by atoms with van der Waals surface area (Å²) in [6, 6.07) is 5.96. The highest BCUT2D eigenvalue weighted by Gasteiger charge is 2.35. The molecular weight excluding hydrogens is 395 g/mol. The summed E-state index contributed by atoms with van der Waals surface area (Å²) in [6.07, 6.45) is 7.25. The lowest BCUT2D eigenvalue weighted by Gasteiger charge is -2.42. The van der Waals surface area contributed by atoms with E-state index >= 15 is 0 Å². The Kier molecular flexibility index (Phi) is 8.34. The van der Waals surface area contributed by atoms with Crippen LogP contribution in [0.1, 0.15) is 38.5 Å². The van der Waals surface area contributed by atoms with Gasteiger partial charge in [0.05, 0.1) is 5.02 Å². The lowest BCUT2D eigenvalue weighted by molar-refractivity contribution is -0.136. The van der Waals surface area contributed by atoms with Gasteiger partial charge in [-0.15, -0.1) is 12.4 Å². The van der Waals surface area contributed by atoms with Crippen LogP contribution in [0.2, 0.25) is 10.0 Å². The molecule has 1 saturated carbocycles. The Morgan fingerprint density at radius 2 is 1.88 bits per heavy atom. The van der Waals surface area contributed by atoms with Crippen LogP contribution in [0.4, 0.5) is 0 Å². The van der Waals surface area contributed by atoms with Crippen molar-refractivity contribution in [1.29, 1.82) is 0 Å². The van der Waals surface area contributed by atoms with E-state index in [9.17, 15) is 4.79 Å². The van der Waals surface area contributed by atoms with Crippen molar-refractivity contribution in [2.45, 2.75) is 50.6 Å². The molecule has 146 valence electrons. The van der Waals surface area contributed by atoms with E-state index < -0.39 is 0 Å². The smallest absolute Gasteiger partial charge is 0.260 e. The Hall–Kier alpha value is -0.680. The molecule has 26 heavy (non-hydrogen) atoms. The van der Waals surface area contributed by atoms with Crippen molar-refractivity contribution < 1.29 is 9.53 Å². The number of ether oxygens (including phenoxy) is 1. The Labute approximate surface area is 172 Å². The topological polar surface area (TPSA) is 32.8 Å². The zero-order chi connectivity index (χ0) is 17.8. The normalized spacial score (nSPS) is 23.3. The molecule has 1 aliphatic heterocycles. The molecule has 4 nitrogen and oxygen atoms in total. The van der Waals surface area contributed by atoms with Gasteiger partial charge in [-0.3, -0.25) is 9.69 Å². The molecule has 0 bridgehead atoms. The van der Waals surface area contributed by atoms with Crippen LogP contribution in [-0.4, -0.2) is 54.5 Å². The first-order valence-corrected chi connectivity index (χ1v) is 9.90. The van der Waals surface area contributed by atoms with Gasteiger partial charge in [-0.25, -0.2) is 0 Å². The molecule has 1 amide bonds. The summed E-state index contributed by atoms with van der Waals surface area (Å²) in [7, 11) is 1.91. The molecule has 2 aliphatic rings. The number of likely N-dealkylation sites (N-methyl/N-ethyl adjacent to an activating group) is 1. The minimum Gasteiger partial charge on any atom is -0.482 e. The third-order valence-electron chi connectivity index (χ3n) is 5.46. The van der Waals surface area contributed by atoms with Crippen LogP contribution < -0.4 is 4.74 Å². The second kappa shape index (κ2) is 10.0. The lowest BCUT2D eigenvalue weighted by atomic mass is 9.88. The number of hydrogen-bond acceptors (Lipinski definition) is 3. The standard InChI is InChI=1S/C19H26Cl2N2O2.ClH/c1-22(15-8-2-3-9-16(15)23-11-4-5-12-23)18(24)13-25-17-10-6-7-14(20)19(17)21;/h6-7,10,15-16H,2-5,8-9,11-13H2,1H3;1H/t15-,16-;/m1./s1. The van der Waals surface area contributed by atoms with Crippen molar-refractivity contribution >= 4 is 41.5 Å². The molecule has 3 rings (SSSR count). The molecule has 0 spiro atoms. The SMILES string of the molecule is CN(C(=O)COc1cccc(Cl)c1Cl)[C@@H]1CCCC[C@H]1N1CCCC1.Cl. The van der Waals surface area contributed by atoms with Crippen LogP contribution in [-0.2, 0) is 4.79 Å². The lowest BCUT2D eigenvalue weighted by Crippen LogP contribution is -2.53. The summed E-state index contributed by atoms with van der Waals surface area (Å²) in [6.45, 7) is 2.31. The Balaban J connectivity index is 0.00000243. The van der Waals surface area contributed by atoms with Gasteiger partial charge in [0.15, 0.2) is 6.61 Å². The van der Waals surface area contributed by atoms with E-state index in [0.29, 0.717) is 21.8 Å². The maximum Gasteiger partial charge on any atom is 0.260 e. The summed E-state index contributed by atoms with van der Waals surface area (Å²) >= 11 is 12.1. The number of carbonyl (C=O) groups is 1. The molecule has 0 radical (unpaired) electrons. The van der Waals surface area contributed by atoms with Gasteiger partial charge in [0.1, 0.15) is 10.8 Å². The van der Waals surface area contributed by atoms with E-state index in [1.807, 2.05) is 11.9 Å². The van der Waals surface area contributed by atoms with Crippen LogP contribution >= 0.6 is 35.6 Å². The van der Waals surface area contributed by atoms with E-state index in [-0.39, 0.29) is 31.0 Å². The summed E-state index contributed by atoms with van der Waals surface area (Å²) in [5.41, 5.74) is 0. The predicted molar refractivity (Wildman–Crippen MR) is 109 cm³/mol. The van der Waals surface area contributed by atoms with Gasteiger partial charge >= 0.3 is 0 Å². The number of halogens is 3. The van der Waals surface area contributed by atoms with Crippen LogP contribution in [0, 0.1) is 0 Å². The fourth-order valence-corrected chi connectivity index (χ4v) is 4.41. The molecule has 0 unspecified atom stereocenters. The Bertz CT molecular complexity index is 608. The summed E-state index contributed by atoms with van der Waals surface area (Å²) < 4.78 is 5.63.